The van der Waals surface area contributed by atoms with E-state index in [1.807, 2.05) is 0 Å². The van der Waals surface area contributed by atoms with Crippen molar-refractivity contribution >= 4 is 11.8 Å². The number of rotatable bonds is 4. The van der Waals surface area contributed by atoms with Gasteiger partial charge in [-0.05, 0) is 12.1 Å². The van der Waals surface area contributed by atoms with Gasteiger partial charge in [0.25, 0.3) is 0 Å². The molecule has 0 saturated carbocycles. The summed E-state index contributed by atoms with van der Waals surface area (Å²) in [5.74, 6) is -0.399. The van der Waals surface area contributed by atoms with E-state index in [0.29, 0.717) is 12.4 Å². The number of nitrogens with zero attached hydrogens (tertiary/aromatic N) is 2. The highest BCUT2D eigenvalue weighted by atomic mass is 16.5. The first-order valence-corrected chi connectivity index (χ1v) is 4.58. The Hall–Kier alpha value is -2.37. The van der Waals surface area contributed by atoms with Crippen molar-refractivity contribution in [1.29, 1.82) is 0 Å². The van der Waals surface area contributed by atoms with Gasteiger partial charge in [0.1, 0.15) is 17.8 Å². The Morgan fingerprint density at radius 1 is 1.44 bits per heavy atom. The average molecular weight is 219 g/mol. The molecular formula is C10H9N3O3. The second kappa shape index (κ2) is 4.43. The average Bonchev–Trinajstić information content (AvgIpc) is 2.80. The number of pyridine rings is 1. The fraction of sp³-hybridized carbons (Fsp3) is 0.100. The van der Waals surface area contributed by atoms with Gasteiger partial charge in [0, 0.05) is 12.3 Å². The minimum atomic E-state index is -0.990. The molecule has 0 radical (unpaired) electrons. The zero-order valence-corrected chi connectivity index (χ0v) is 8.25. The number of nitrogens with one attached hydrogen (secondary N) is 1. The maximum atomic E-state index is 10.6. The Bertz CT molecular complexity index is 465. The van der Waals surface area contributed by atoms with Crippen LogP contribution in [0.15, 0.2) is 35.2 Å². The van der Waals surface area contributed by atoms with Gasteiger partial charge in [-0.25, -0.2) is 9.78 Å². The van der Waals surface area contributed by atoms with E-state index in [0.717, 1.165) is 5.69 Å². The molecule has 0 spiro atoms. The van der Waals surface area contributed by atoms with Crippen LogP contribution in [0.25, 0.3) is 0 Å². The Kier molecular flexibility index (Phi) is 2.81. The molecule has 0 aliphatic rings. The fourth-order valence-corrected chi connectivity index (χ4v) is 1.13. The van der Waals surface area contributed by atoms with Crippen LogP contribution in [0, 0.1) is 0 Å². The van der Waals surface area contributed by atoms with Crippen molar-refractivity contribution in [2.24, 2.45) is 0 Å². The quantitative estimate of drug-likeness (QED) is 0.807. The Labute approximate surface area is 90.9 Å². The first-order valence-electron chi connectivity index (χ1n) is 4.58. The van der Waals surface area contributed by atoms with E-state index in [2.05, 4.69) is 20.0 Å². The molecule has 0 bridgehead atoms. The smallest absolute Gasteiger partial charge is 0.337 e. The first kappa shape index (κ1) is 10.2. The van der Waals surface area contributed by atoms with E-state index in [1.165, 1.54) is 18.5 Å². The molecule has 0 unspecified atom stereocenters. The molecule has 2 heterocycles. The van der Waals surface area contributed by atoms with E-state index in [9.17, 15) is 4.79 Å². The molecule has 16 heavy (non-hydrogen) atoms. The predicted octanol–water partition coefficient (Wildman–Crippen LogP) is 1.38. The molecule has 0 aromatic carbocycles. The highest BCUT2D eigenvalue weighted by molar-refractivity contribution is 5.87. The fourth-order valence-electron chi connectivity index (χ4n) is 1.13. The van der Waals surface area contributed by atoms with Crippen molar-refractivity contribution in [3.63, 3.8) is 0 Å². The summed E-state index contributed by atoms with van der Waals surface area (Å²) >= 11 is 0. The van der Waals surface area contributed by atoms with Gasteiger partial charge in [-0.2, -0.15) is 0 Å². The molecule has 0 fully saturated rings. The molecular weight excluding hydrogens is 210 g/mol. The summed E-state index contributed by atoms with van der Waals surface area (Å²) in [5, 5.41) is 15.4. The molecule has 0 amide bonds. The van der Waals surface area contributed by atoms with Crippen LogP contribution in [0.4, 0.5) is 5.82 Å². The highest BCUT2D eigenvalue weighted by Crippen LogP contribution is 2.06. The topological polar surface area (TPSA) is 88.2 Å². The van der Waals surface area contributed by atoms with Crippen LogP contribution in [-0.2, 0) is 6.54 Å². The lowest BCUT2D eigenvalue weighted by atomic mass is 10.3. The number of carboxylic acid groups (broad SMARTS) is 1. The zero-order chi connectivity index (χ0) is 11.4. The number of hydrogen-bond donors (Lipinski definition) is 2. The second-order valence-corrected chi connectivity index (χ2v) is 3.08. The molecule has 0 aliphatic heterocycles. The van der Waals surface area contributed by atoms with Gasteiger partial charge in [0.2, 0.25) is 0 Å². The number of carboxylic acids is 1. The van der Waals surface area contributed by atoms with E-state index in [4.69, 9.17) is 5.11 Å². The Morgan fingerprint density at radius 2 is 2.31 bits per heavy atom. The summed E-state index contributed by atoms with van der Waals surface area (Å²) in [4.78, 5) is 14.5. The number of aromatic nitrogens is 2. The molecule has 2 rings (SSSR count). The highest BCUT2D eigenvalue weighted by Gasteiger charge is 2.03. The predicted molar refractivity (Wildman–Crippen MR) is 55.0 cm³/mol. The van der Waals surface area contributed by atoms with Crippen LogP contribution in [0.5, 0.6) is 0 Å². The van der Waals surface area contributed by atoms with E-state index in [1.54, 1.807) is 12.1 Å². The van der Waals surface area contributed by atoms with Gasteiger partial charge in [-0.3, -0.25) is 0 Å². The van der Waals surface area contributed by atoms with Crippen LogP contribution in [-0.4, -0.2) is 21.2 Å². The summed E-state index contributed by atoms with van der Waals surface area (Å²) in [5.41, 5.74) is 0.913. The Balaban J connectivity index is 1.98. The molecule has 0 atom stereocenters. The molecule has 6 heteroatoms. The summed E-state index contributed by atoms with van der Waals surface area (Å²) < 4.78 is 4.67. The minimum absolute atomic E-state index is 0.159. The van der Waals surface area contributed by atoms with Gasteiger partial charge in [0.15, 0.2) is 0 Å². The normalized spacial score (nSPS) is 10.0. The van der Waals surface area contributed by atoms with Gasteiger partial charge in [-0.15, -0.1) is 0 Å². The molecule has 2 aromatic heterocycles. The van der Waals surface area contributed by atoms with E-state index >= 15 is 0 Å². The van der Waals surface area contributed by atoms with E-state index in [-0.39, 0.29) is 5.56 Å². The van der Waals surface area contributed by atoms with Crippen LogP contribution in [0.2, 0.25) is 0 Å². The number of carbonyl (C=O) groups is 1. The molecule has 2 aromatic rings. The standard InChI is InChI=1S/C10H9N3O3/c14-10(15)7-1-2-9(11-5-7)12-6-8-3-4-16-13-8/h1-5H,6H2,(H,11,12)(H,14,15). The number of hydrogen-bond acceptors (Lipinski definition) is 5. The van der Waals surface area contributed by atoms with Crippen LogP contribution >= 0.6 is 0 Å². The molecule has 6 nitrogen and oxygen atoms in total. The molecule has 0 aliphatic carbocycles. The first-order chi connectivity index (χ1) is 7.75. The maximum absolute atomic E-state index is 10.6. The second-order valence-electron chi connectivity index (χ2n) is 3.08. The van der Waals surface area contributed by atoms with Gasteiger partial charge < -0.3 is 14.9 Å². The molecule has 82 valence electrons. The number of anilines is 1. The van der Waals surface area contributed by atoms with Gasteiger partial charge in [0.05, 0.1) is 12.1 Å². The van der Waals surface area contributed by atoms with Crippen LogP contribution in [0.3, 0.4) is 0 Å². The minimum Gasteiger partial charge on any atom is -0.478 e. The third-order valence-electron chi connectivity index (χ3n) is 1.95. The lowest BCUT2D eigenvalue weighted by Crippen LogP contribution is -2.03. The third kappa shape index (κ3) is 2.35. The summed E-state index contributed by atoms with van der Waals surface area (Å²) in [6.07, 6.45) is 2.78. The van der Waals surface area contributed by atoms with E-state index < -0.39 is 5.97 Å². The number of aromatic carboxylic acids is 1. The van der Waals surface area contributed by atoms with Crippen LogP contribution in [0.1, 0.15) is 16.1 Å². The van der Waals surface area contributed by atoms with Crippen LogP contribution < -0.4 is 5.32 Å². The monoisotopic (exact) mass is 219 g/mol. The summed E-state index contributed by atoms with van der Waals surface area (Å²) in [6, 6.07) is 4.82. The van der Waals surface area contributed by atoms with Crippen molar-refractivity contribution < 1.29 is 14.4 Å². The molecule has 0 saturated heterocycles. The van der Waals surface area contributed by atoms with Crippen molar-refractivity contribution in [2.75, 3.05) is 5.32 Å². The van der Waals surface area contributed by atoms with Gasteiger partial charge in [-0.1, -0.05) is 5.16 Å². The van der Waals surface area contributed by atoms with Gasteiger partial charge >= 0.3 is 5.97 Å². The third-order valence-corrected chi connectivity index (χ3v) is 1.95. The van der Waals surface area contributed by atoms with Crippen molar-refractivity contribution in [2.45, 2.75) is 6.54 Å². The zero-order valence-electron chi connectivity index (χ0n) is 8.25. The molecule has 2 N–H and O–H groups in total. The van der Waals surface area contributed by atoms with Crippen molar-refractivity contribution in [1.82, 2.24) is 10.1 Å². The summed E-state index contributed by atoms with van der Waals surface area (Å²) in [7, 11) is 0. The summed E-state index contributed by atoms with van der Waals surface area (Å²) in [6.45, 7) is 0.482. The Morgan fingerprint density at radius 3 is 2.88 bits per heavy atom. The lowest BCUT2D eigenvalue weighted by Gasteiger charge is -2.02. The van der Waals surface area contributed by atoms with Crippen molar-refractivity contribution in [3.8, 4) is 0 Å². The lowest BCUT2D eigenvalue weighted by molar-refractivity contribution is 0.0696. The maximum Gasteiger partial charge on any atom is 0.337 e. The SMILES string of the molecule is O=C(O)c1ccc(NCc2ccon2)nc1. The van der Waals surface area contributed by atoms with Crippen molar-refractivity contribution in [3.05, 3.63) is 41.9 Å². The largest absolute Gasteiger partial charge is 0.478 e.